The van der Waals surface area contributed by atoms with Crippen molar-refractivity contribution in [3.05, 3.63) is 35.1 Å². The Bertz CT molecular complexity index is 611. The van der Waals surface area contributed by atoms with Crippen molar-refractivity contribution in [2.75, 3.05) is 44.2 Å². The lowest BCUT2D eigenvalue weighted by molar-refractivity contribution is 0.200. The van der Waals surface area contributed by atoms with Crippen molar-refractivity contribution in [1.29, 1.82) is 0 Å². The number of halogens is 1. The van der Waals surface area contributed by atoms with Gasteiger partial charge in [-0.1, -0.05) is 18.5 Å². The number of benzene rings is 1. The van der Waals surface area contributed by atoms with E-state index in [2.05, 4.69) is 26.1 Å². The number of aromatic nitrogens is 2. The van der Waals surface area contributed by atoms with Crippen LogP contribution in [0.5, 0.6) is 5.75 Å². The Kier molecular flexibility index (Phi) is 5.70. The van der Waals surface area contributed by atoms with E-state index in [4.69, 9.17) is 16.3 Å². The zero-order chi connectivity index (χ0) is 16.1. The normalized spacial score (nSPS) is 15.8. The monoisotopic (exact) mass is 352 g/mol. The zero-order valence-electron chi connectivity index (χ0n) is 13.2. The van der Waals surface area contributed by atoms with Crippen molar-refractivity contribution in [3.8, 4) is 5.75 Å². The van der Waals surface area contributed by atoms with E-state index in [0.717, 1.165) is 60.9 Å². The molecule has 1 fully saturated rings. The summed E-state index contributed by atoms with van der Waals surface area (Å²) in [6.45, 7) is 7.78. The maximum Gasteiger partial charge on any atom is 0.205 e. The quantitative estimate of drug-likeness (QED) is 0.799. The smallest absolute Gasteiger partial charge is 0.205 e. The lowest BCUT2D eigenvalue weighted by atomic mass is 10.3. The molecule has 1 aromatic carbocycles. The molecule has 2 heterocycles. The molecule has 1 aromatic heterocycles. The molecule has 1 aliphatic rings. The Morgan fingerprint density at radius 2 is 1.91 bits per heavy atom. The maximum atomic E-state index is 5.87. The number of anilines is 1. The minimum Gasteiger partial charge on any atom is -0.492 e. The van der Waals surface area contributed by atoms with Crippen LogP contribution >= 0.6 is 23.1 Å². The summed E-state index contributed by atoms with van der Waals surface area (Å²) >= 11 is 7.37. The third-order valence-electron chi connectivity index (χ3n) is 3.91. The molecule has 0 saturated carbocycles. The lowest BCUT2D eigenvalue weighted by Crippen LogP contribution is -2.47. The molecule has 124 valence electrons. The summed E-state index contributed by atoms with van der Waals surface area (Å²) in [6, 6.07) is 7.51. The lowest BCUT2D eigenvalue weighted by Gasteiger charge is -2.34. The molecule has 0 N–H and O–H groups in total. The topological polar surface area (TPSA) is 41.5 Å². The largest absolute Gasteiger partial charge is 0.492 e. The summed E-state index contributed by atoms with van der Waals surface area (Å²) in [5, 5.41) is 1.79. The molecular weight excluding hydrogens is 332 g/mol. The van der Waals surface area contributed by atoms with Crippen LogP contribution < -0.4 is 9.64 Å². The van der Waals surface area contributed by atoms with Crippen LogP contribution in [0, 0.1) is 0 Å². The number of ether oxygens (including phenoxy) is 1. The summed E-state index contributed by atoms with van der Waals surface area (Å²) < 4.78 is 10.1. The minimum atomic E-state index is 0.695. The number of hydrogen-bond acceptors (Lipinski definition) is 6. The van der Waals surface area contributed by atoms with Gasteiger partial charge >= 0.3 is 0 Å². The highest BCUT2D eigenvalue weighted by atomic mass is 35.5. The molecule has 0 aliphatic carbocycles. The Morgan fingerprint density at radius 3 is 2.57 bits per heavy atom. The van der Waals surface area contributed by atoms with Gasteiger partial charge in [0.25, 0.3) is 0 Å². The fraction of sp³-hybridized carbons (Fsp3) is 0.500. The third-order valence-corrected chi connectivity index (χ3v) is 4.97. The molecule has 0 amide bonds. The van der Waals surface area contributed by atoms with Crippen LogP contribution in [0.4, 0.5) is 5.13 Å². The van der Waals surface area contributed by atoms with E-state index in [9.17, 15) is 0 Å². The Morgan fingerprint density at radius 1 is 1.17 bits per heavy atom. The van der Waals surface area contributed by atoms with Gasteiger partial charge in [-0.3, -0.25) is 4.90 Å². The fourth-order valence-electron chi connectivity index (χ4n) is 2.50. The Hall–Kier alpha value is -1.37. The highest BCUT2D eigenvalue weighted by Crippen LogP contribution is 2.19. The van der Waals surface area contributed by atoms with Gasteiger partial charge in [0.05, 0.1) is 0 Å². The van der Waals surface area contributed by atoms with Crippen LogP contribution in [0.25, 0.3) is 0 Å². The highest BCUT2D eigenvalue weighted by Gasteiger charge is 2.19. The Balaban J connectivity index is 1.39. The van der Waals surface area contributed by atoms with E-state index in [0.29, 0.717) is 6.61 Å². The highest BCUT2D eigenvalue weighted by molar-refractivity contribution is 7.09. The third kappa shape index (κ3) is 4.56. The van der Waals surface area contributed by atoms with Crippen LogP contribution in [0.3, 0.4) is 0 Å². The molecule has 5 nitrogen and oxygen atoms in total. The molecule has 0 bridgehead atoms. The van der Waals surface area contributed by atoms with Crippen LogP contribution in [0.15, 0.2) is 24.3 Å². The first-order chi connectivity index (χ1) is 11.2. The van der Waals surface area contributed by atoms with Gasteiger partial charge in [-0.15, -0.1) is 0 Å². The number of hydrogen-bond donors (Lipinski definition) is 0. The van der Waals surface area contributed by atoms with Gasteiger partial charge in [0.2, 0.25) is 5.13 Å². The average molecular weight is 353 g/mol. The summed E-state index contributed by atoms with van der Waals surface area (Å²) in [7, 11) is 0. The van der Waals surface area contributed by atoms with E-state index >= 15 is 0 Å². The van der Waals surface area contributed by atoms with Gasteiger partial charge in [-0.2, -0.15) is 4.37 Å². The number of nitrogens with zero attached hydrogens (tertiary/aromatic N) is 4. The summed E-state index contributed by atoms with van der Waals surface area (Å²) in [5.74, 6) is 1.82. The van der Waals surface area contributed by atoms with Crippen LogP contribution in [-0.4, -0.2) is 53.6 Å². The molecule has 0 spiro atoms. The van der Waals surface area contributed by atoms with Crippen LogP contribution in [0.1, 0.15) is 12.7 Å². The molecule has 1 aliphatic heterocycles. The Labute approximate surface area is 146 Å². The zero-order valence-corrected chi connectivity index (χ0v) is 14.8. The molecule has 0 unspecified atom stereocenters. The first-order valence-electron chi connectivity index (χ1n) is 7.93. The second-order valence-corrected chi connectivity index (χ2v) is 6.64. The SMILES string of the molecule is CCc1nsc(N2CCN(CCOc3ccc(Cl)cc3)CC2)n1. The summed E-state index contributed by atoms with van der Waals surface area (Å²) in [4.78, 5) is 9.32. The second-order valence-electron chi connectivity index (χ2n) is 5.48. The molecule has 3 rings (SSSR count). The van der Waals surface area contributed by atoms with Crippen molar-refractivity contribution in [1.82, 2.24) is 14.3 Å². The van der Waals surface area contributed by atoms with Crippen molar-refractivity contribution in [3.63, 3.8) is 0 Å². The predicted molar refractivity (Wildman–Crippen MR) is 94.9 cm³/mol. The van der Waals surface area contributed by atoms with Gasteiger partial charge in [-0.25, -0.2) is 4.98 Å². The van der Waals surface area contributed by atoms with Gasteiger partial charge in [0.1, 0.15) is 18.2 Å². The first kappa shape index (κ1) is 16.5. The molecule has 2 aromatic rings. The van der Waals surface area contributed by atoms with E-state index in [1.165, 1.54) is 11.5 Å². The molecule has 23 heavy (non-hydrogen) atoms. The van der Waals surface area contributed by atoms with Gasteiger partial charge in [0.15, 0.2) is 0 Å². The maximum absolute atomic E-state index is 5.87. The molecule has 1 saturated heterocycles. The van der Waals surface area contributed by atoms with Crippen molar-refractivity contribution in [2.45, 2.75) is 13.3 Å². The molecule has 7 heteroatoms. The van der Waals surface area contributed by atoms with E-state index in [1.807, 2.05) is 24.3 Å². The van der Waals surface area contributed by atoms with Crippen LogP contribution in [-0.2, 0) is 6.42 Å². The molecule has 0 atom stereocenters. The summed E-state index contributed by atoms with van der Waals surface area (Å²) in [5.41, 5.74) is 0. The first-order valence-corrected chi connectivity index (χ1v) is 9.08. The standard InChI is InChI=1S/C16H21ClN4OS/c1-2-15-18-16(23-19-15)21-9-7-20(8-10-21)11-12-22-14-5-3-13(17)4-6-14/h3-6H,2,7-12H2,1H3. The van der Waals surface area contributed by atoms with Crippen molar-refractivity contribution in [2.24, 2.45) is 0 Å². The van der Waals surface area contributed by atoms with Crippen molar-refractivity contribution >= 4 is 28.3 Å². The van der Waals surface area contributed by atoms with Gasteiger partial charge in [0, 0.05) is 55.7 Å². The molecular formula is C16H21ClN4OS. The van der Waals surface area contributed by atoms with E-state index in [-0.39, 0.29) is 0 Å². The number of aryl methyl sites for hydroxylation is 1. The van der Waals surface area contributed by atoms with Gasteiger partial charge < -0.3 is 9.64 Å². The van der Waals surface area contributed by atoms with Crippen LogP contribution in [0.2, 0.25) is 5.02 Å². The second kappa shape index (κ2) is 7.95. The fourth-order valence-corrected chi connectivity index (χ4v) is 3.43. The van der Waals surface area contributed by atoms with E-state index < -0.39 is 0 Å². The number of rotatable bonds is 6. The number of piperazine rings is 1. The average Bonchev–Trinajstić information content (AvgIpc) is 3.06. The summed E-state index contributed by atoms with van der Waals surface area (Å²) in [6.07, 6.45) is 0.901. The molecule has 0 radical (unpaired) electrons. The van der Waals surface area contributed by atoms with Gasteiger partial charge in [-0.05, 0) is 24.3 Å². The van der Waals surface area contributed by atoms with Crippen molar-refractivity contribution < 1.29 is 4.74 Å². The predicted octanol–water partition coefficient (Wildman–Crippen LogP) is 2.95. The minimum absolute atomic E-state index is 0.695. The van der Waals surface area contributed by atoms with E-state index in [1.54, 1.807) is 0 Å².